The van der Waals surface area contributed by atoms with Crippen molar-refractivity contribution in [1.29, 1.82) is 0 Å². The first-order chi connectivity index (χ1) is 19.7. The number of esters is 2. The Morgan fingerprint density at radius 2 is 1.61 bits per heavy atom. The van der Waals surface area contributed by atoms with Crippen LogP contribution in [-0.2, 0) is 19.1 Å². The monoisotopic (exact) mass is 580 g/mol. The topological polar surface area (TPSA) is 158 Å². The van der Waals surface area contributed by atoms with E-state index < -0.39 is 29.0 Å². The zero-order valence-corrected chi connectivity index (χ0v) is 23.8. The Labute approximate surface area is 241 Å². The van der Waals surface area contributed by atoms with Gasteiger partial charge >= 0.3 is 11.9 Å². The number of anilines is 1. The van der Waals surface area contributed by atoms with Crippen LogP contribution in [0.3, 0.4) is 0 Å². The molecule has 2 aliphatic rings. The van der Waals surface area contributed by atoms with Crippen molar-refractivity contribution in [2.24, 2.45) is 10.7 Å². The fourth-order valence-corrected chi connectivity index (χ4v) is 5.77. The van der Waals surface area contributed by atoms with Gasteiger partial charge in [0.05, 0.1) is 49.4 Å². The zero-order chi connectivity index (χ0) is 29.5. The van der Waals surface area contributed by atoms with E-state index in [0.717, 1.165) is 43.9 Å². The highest BCUT2D eigenvalue weighted by molar-refractivity contribution is 8.16. The molecule has 4 N–H and O–H groups in total. The summed E-state index contributed by atoms with van der Waals surface area (Å²) >= 11 is 1.02. The summed E-state index contributed by atoms with van der Waals surface area (Å²) in [5.41, 5.74) is 7.37. The van der Waals surface area contributed by atoms with E-state index in [0.29, 0.717) is 11.4 Å². The summed E-state index contributed by atoms with van der Waals surface area (Å²) in [7, 11) is 3.98. The SMILES string of the molecule is COC(=O)c1ccc(C(=O)OC)c(NC(=O)C2SC(=Nc3ccc(OC)cc3)C(C(=O)NC3CCCCC3)=C2N)c1. The molecule has 1 fully saturated rings. The molecule has 0 aromatic heterocycles. The van der Waals surface area contributed by atoms with Gasteiger partial charge < -0.3 is 30.6 Å². The quantitative estimate of drug-likeness (QED) is 0.396. The van der Waals surface area contributed by atoms with Crippen LogP contribution in [0.5, 0.6) is 5.75 Å². The highest BCUT2D eigenvalue weighted by Gasteiger charge is 2.39. The molecule has 0 saturated heterocycles. The van der Waals surface area contributed by atoms with E-state index >= 15 is 0 Å². The Morgan fingerprint density at radius 1 is 0.927 bits per heavy atom. The van der Waals surface area contributed by atoms with Gasteiger partial charge in [-0.05, 0) is 55.3 Å². The zero-order valence-electron chi connectivity index (χ0n) is 23.0. The standard InChI is InChI=1S/C29H32N4O7S/c1-38-19-12-10-18(11-13-19)32-27-22(25(34)31-17-7-5-4-6-8-17)23(30)24(41-27)26(35)33-21-15-16(28(36)39-2)9-14-20(21)29(37)40-3/h9-15,17,24H,4-8,30H2,1-3H3,(H,31,34)(H,33,35). The number of thioether (sulfide) groups is 1. The lowest BCUT2D eigenvalue weighted by Crippen LogP contribution is -2.38. The minimum absolute atomic E-state index is 0.0142. The maximum absolute atomic E-state index is 13.6. The van der Waals surface area contributed by atoms with E-state index in [1.54, 1.807) is 31.4 Å². The van der Waals surface area contributed by atoms with Crippen LogP contribution >= 0.6 is 11.8 Å². The molecule has 4 rings (SSSR count). The fourth-order valence-electron chi connectivity index (χ4n) is 4.65. The molecule has 1 heterocycles. The molecule has 2 aromatic carbocycles. The molecule has 1 saturated carbocycles. The molecule has 1 aliphatic carbocycles. The normalized spacial score (nSPS) is 18.1. The highest BCUT2D eigenvalue weighted by Crippen LogP contribution is 2.36. The van der Waals surface area contributed by atoms with Crippen LogP contribution in [0, 0.1) is 0 Å². The molecular weight excluding hydrogens is 548 g/mol. The number of methoxy groups -OCH3 is 3. The van der Waals surface area contributed by atoms with E-state index in [-0.39, 0.29) is 39.2 Å². The molecule has 1 atom stereocenters. The lowest BCUT2D eigenvalue weighted by atomic mass is 9.95. The van der Waals surface area contributed by atoms with Gasteiger partial charge in [-0.25, -0.2) is 14.6 Å². The number of amides is 2. The average molecular weight is 581 g/mol. The number of aliphatic imine (C=N–C) groups is 1. The number of hydrogen-bond acceptors (Lipinski definition) is 10. The van der Waals surface area contributed by atoms with E-state index in [4.69, 9.17) is 19.9 Å². The predicted octanol–water partition coefficient (Wildman–Crippen LogP) is 3.71. The summed E-state index contributed by atoms with van der Waals surface area (Å²) in [6, 6.07) is 11.0. The van der Waals surface area contributed by atoms with Gasteiger partial charge in [0.1, 0.15) is 16.0 Å². The Kier molecular flexibility index (Phi) is 9.66. The van der Waals surface area contributed by atoms with Crippen molar-refractivity contribution in [3.63, 3.8) is 0 Å². The van der Waals surface area contributed by atoms with Crippen molar-refractivity contribution in [2.45, 2.75) is 43.4 Å². The third-order valence-electron chi connectivity index (χ3n) is 6.83. The van der Waals surface area contributed by atoms with Crippen molar-refractivity contribution < 1.29 is 33.4 Å². The second-order valence-corrected chi connectivity index (χ2v) is 10.6. The number of ether oxygens (including phenoxy) is 3. The van der Waals surface area contributed by atoms with Gasteiger partial charge in [0.25, 0.3) is 5.91 Å². The van der Waals surface area contributed by atoms with E-state index in [1.807, 2.05) is 0 Å². The van der Waals surface area contributed by atoms with Crippen LogP contribution < -0.4 is 21.1 Å². The number of nitrogens with two attached hydrogens (primary N) is 1. The Hall–Kier alpha value is -4.32. The van der Waals surface area contributed by atoms with Gasteiger partial charge in [-0.2, -0.15) is 0 Å². The molecular formula is C29H32N4O7S. The Balaban J connectivity index is 1.67. The predicted molar refractivity (Wildman–Crippen MR) is 155 cm³/mol. The van der Waals surface area contributed by atoms with Gasteiger partial charge in [0.2, 0.25) is 5.91 Å². The molecule has 12 heteroatoms. The Bertz CT molecular complexity index is 1400. The van der Waals surface area contributed by atoms with Crippen molar-refractivity contribution in [3.05, 3.63) is 64.9 Å². The second-order valence-electron chi connectivity index (χ2n) is 9.48. The van der Waals surface area contributed by atoms with Crippen molar-refractivity contribution in [3.8, 4) is 5.75 Å². The maximum Gasteiger partial charge on any atom is 0.339 e. The van der Waals surface area contributed by atoms with Gasteiger partial charge in [0.15, 0.2) is 0 Å². The summed E-state index contributed by atoms with van der Waals surface area (Å²) in [4.78, 5) is 56.1. The molecule has 0 bridgehead atoms. The number of nitrogens with zero attached hydrogens (tertiary/aromatic N) is 1. The van der Waals surface area contributed by atoms with E-state index in [1.165, 1.54) is 32.4 Å². The summed E-state index contributed by atoms with van der Waals surface area (Å²) < 4.78 is 14.8. The van der Waals surface area contributed by atoms with Crippen LogP contribution in [0.25, 0.3) is 0 Å². The third-order valence-corrected chi connectivity index (χ3v) is 8.05. The van der Waals surface area contributed by atoms with Crippen molar-refractivity contribution in [1.82, 2.24) is 5.32 Å². The molecule has 11 nitrogen and oxygen atoms in total. The number of rotatable bonds is 8. The maximum atomic E-state index is 13.6. The van der Waals surface area contributed by atoms with Gasteiger partial charge in [0, 0.05) is 11.7 Å². The van der Waals surface area contributed by atoms with Crippen LogP contribution in [0.1, 0.15) is 52.8 Å². The van der Waals surface area contributed by atoms with E-state index in [2.05, 4.69) is 15.6 Å². The molecule has 1 aliphatic heterocycles. The molecule has 0 radical (unpaired) electrons. The minimum Gasteiger partial charge on any atom is -0.497 e. The van der Waals surface area contributed by atoms with Gasteiger partial charge in [-0.15, -0.1) is 0 Å². The summed E-state index contributed by atoms with van der Waals surface area (Å²) in [6.45, 7) is 0. The van der Waals surface area contributed by atoms with Gasteiger partial charge in [-0.3, -0.25) is 9.59 Å². The molecule has 41 heavy (non-hydrogen) atoms. The minimum atomic E-state index is -1.04. The first-order valence-electron chi connectivity index (χ1n) is 13.1. The number of hydrogen-bond donors (Lipinski definition) is 3. The van der Waals surface area contributed by atoms with Crippen LogP contribution in [-0.4, -0.2) is 61.4 Å². The molecule has 1 unspecified atom stereocenters. The number of nitrogens with one attached hydrogen (secondary N) is 2. The summed E-state index contributed by atoms with van der Waals surface area (Å²) in [5, 5.41) is 4.98. The molecule has 0 spiro atoms. The van der Waals surface area contributed by atoms with Crippen LogP contribution in [0.15, 0.2) is 58.7 Å². The Morgan fingerprint density at radius 3 is 2.24 bits per heavy atom. The van der Waals surface area contributed by atoms with E-state index in [9.17, 15) is 19.2 Å². The lowest BCUT2D eigenvalue weighted by molar-refractivity contribution is -0.117. The second kappa shape index (κ2) is 13.4. The van der Waals surface area contributed by atoms with Crippen LogP contribution in [0.4, 0.5) is 11.4 Å². The smallest absolute Gasteiger partial charge is 0.339 e. The molecule has 2 aromatic rings. The van der Waals surface area contributed by atoms with Gasteiger partial charge in [-0.1, -0.05) is 31.0 Å². The molecule has 2 amide bonds. The summed E-state index contributed by atoms with van der Waals surface area (Å²) in [5.74, 6) is -1.73. The largest absolute Gasteiger partial charge is 0.497 e. The van der Waals surface area contributed by atoms with Crippen LogP contribution in [0.2, 0.25) is 0 Å². The number of carbonyl (C=O) groups is 4. The third kappa shape index (κ3) is 6.88. The molecule has 216 valence electrons. The first-order valence-corrected chi connectivity index (χ1v) is 14.0. The van der Waals surface area contributed by atoms with Crippen molar-refractivity contribution in [2.75, 3.05) is 26.6 Å². The number of carbonyl (C=O) groups excluding carboxylic acids is 4. The highest BCUT2D eigenvalue weighted by atomic mass is 32.2. The summed E-state index contributed by atoms with van der Waals surface area (Å²) in [6.07, 6.45) is 4.92. The lowest BCUT2D eigenvalue weighted by Gasteiger charge is -2.23. The number of benzene rings is 2. The average Bonchev–Trinajstić information content (AvgIpc) is 3.32. The van der Waals surface area contributed by atoms with Crippen molar-refractivity contribution >= 4 is 51.9 Å². The first kappa shape index (κ1) is 29.7. The fraction of sp³-hybridized carbons (Fsp3) is 0.345.